The summed E-state index contributed by atoms with van der Waals surface area (Å²) in [5.74, 6) is -0.115. The number of carbonyl (C=O) groups excluding carboxylic acids is 1. The van der Waals surface area contributed by atoms with Crippen LogP contribution in [-0.2, 0) is 14.3 Å². The number of ether oxygens (including phenoxy) is 2. The zero-order chi connectivity index (χ0) is 12.1. The minimum Gasteiger partial charge on any atom is -0.383 e. The van der Waals surface area contributed by atoms with Crippen LogP contribution in [0.5, 0.6) is 0 Å². The molecule has 1 aliphatic heterocycles. The van der Waals surface area contributed by atoms with Crippen molar-refractivity contribution in [1.29, 1.82) is 0 Å². The third kappa shape index (κ3) is 2.93. The number of methoxy groups -OCH3 is 1. The van der Waals surface area contributed by atoms with Crippen LogP contribution in [0.15, 0.2) is 0 Å². The van der Waals surface area contributed by atoms with Crippen LogP contribution in [0.2, 0.25) is 0 Å². The van der Waals surface area contributed by atoms with Crippen LogP contribution >= 0.6 is 0 Å². The van der Waals surface area contributed by atoms with Crippen LogP contribution in [0.1, 0.15) is 13.8 Å². The largest absolute Gasteiger partial charge is 0.383 e. The standard InChI is InChI=1S/C11H22N2O3/c1-4-13(8(2)5-15-3)11(14)9-6-16-7-10(9)12/h8-10H,4-7,12H2,1-3H3. The van der Waals surface area contributed by atoms with Crippen molar-refractivity contribution in [2.45, 2.75) is 25.9 Å². The smallest absolute Gasteiger partial charge is 0.229 e. The average molecular weight is 230 g/mol. The van der Waals surface area contributed by atoms with Crippen molar-refractivity contribution in [2.75, 3.05) is 33.5 Å². The van der Waals surface area contributed by atoms with Gasteiger partial charge in [0.2, 0.25) is 5.91 Å². The molecule has 1 saturated heterocycles. The van der Waals surface area contributed by atoms with Gasteiger partial charge in [-0.25, -0.2) is 0 Å². The van der Waals surface area contributed by atoms with E-state index in [0.29, 0.717) is 26.4 Å². The zero-order valence-electron chi connectivity index (χ0n) is 10.3. The van der Waals surface area contributed by atoms with E-state index in [1.54, 1.807) is 7.11 Å². The second-order valence-corrected chi connectivity index (χ2v) is 4.24. The van der Waals surface area contributed by atoms with Crippen molar-refractivity contribution in [3.05, 3.63) is 0 Å². The predicted molar refractivity (Wildman–Crippen MR) is 61.0 cm³/mol. The van der Waals surface area contributed by atoms with Crippen LogP contribution in [0.4, 0.5) is 0 Å². The van der Waals surface area contributed by atoms with Gasteiger partial charge in [-0.1, -0.05) is 0 Å². The molecule has 0 radical (unpaired) electrons. The molecule has 0 bridgehead atoms. The van der Waals surface area contributed by atoms with E-state index in [1.165, 1.54) is 0 Å². The molecule has 3 unspecified atom stereocenters. The first kappa shape index (κ1) is 13.4. The second kappa shape index (κ2) is 6.18. The number of carbonyl (C=O) groups is 1. The lowest BCUT2D eigenvalue weighted by molar-refractivity contribution is -0.138. The lowest BCUT2D eigenvalue weighted by Gasteiger charge is -2.30. The van der Waals surface area contributed by atoms with Gasteiger partial charge >= 0.3 is 0 Å². The molecule has 0 aromatic carbocycles. The van der Waals surface area contributed by atoms with Crippen molar-refractivity contribution in [3.63, 3.8) is 0 Å². The summed E-state index contributed by atoms with van der Waals surface area (Å²) in [6, 6.07) is -0.0911. The monoisotopic (exact) mass is 230 g/mol. The Hall–Kier alpha value is -0.650. The highest BCUT2D eigenvalue weighted by Gasteiger charge is 2.35. The first-order valence-electron chi connectivity index (χ1n) is 5.74. The van der Waals surface area contributed by atoms with E-state index >= 15 is 0 Å². The van der Waals surface area contributed by atoms with Crippen LogP contribution in [0, 0.1) is 5.92 Å². The van der Waals surface area contributed by atoms with Crippen LogP contribution in [-0.4, -0.2) is 56.4 Å². The van der Waals surface area contributed by atoms with Gasteiger partial charge in [0, 0.05) is 19.7 Å². The fourth-order valence-corrected chi connectivity index (χ4v) is 2.05. The number of nitrogens with two attached hydrogens (primary N) is 1. The van der Waals surface area contributed by atoms with E-state index in [4.69, 9.17) is 15.2 Å². The van der Waals surface area contributed by atoms with Gasteiger partial charge < -0.3 is 20.1 Å². The third-order valence-corrected chi connectivity index (χ3v) is 3.01. The van der Waals surface area contributed by atoms with E-state index < -0.39 is 0 Å². The Morgan fingerprint density at radius 2 is 2.31 bits per heavy atom. The number of hydrogen-bond donors (Lipinski definition) is 1. The molecule has 1 heterocycles. The molecule has 1 aliphatic rings. The Bertz CT molecular complexity index is 235. The summed E-state index contributed by atoms with van der Waals surface area (Å²) in [6.45, 7) is 6.08. The molecule has 3 atom stereocenters. The number of nitrogens with zero attached hydrogens (tertiary/aromatic N) is 1. The van der Waals surface area contributed by atoms with Crippen LogP contribution < -0.4 is 5.73 Å². The number of hydrogen-bond acceptors (Lipinski definition) is 4. The normalized spacial score (nSPS) is 26.8. The lowest BCUT2D eigenvalue weighted by Crippen LogP contribution is -2.48. The highest BCUT2D eigenvalue weighted by atomic mass is 16.5. The molecule has 0 saturated carbocycles. The summed E-state index contributed by atoms with van der Waals surface area (Å²) in [5.41, 5.74) is 5.84. The maximum absolute atomic E-state index is 12.2. The second-order valence-electron chi connectivity index (χ2n) is 4.24. The van der Waals surface area contributed by atoms with Gasteiger partial charge in [0.15, 0.2) is 0 Å². The van der Waals surface area contributed by atoms with Crippen LogP contribution in [0.3, 0.4) is 0 Å². The zero-order valence-corrected chi connectivity index (χ0v) is 10.3. The summed E-state index contributed by atoms with van der Waals surface area (Å²) in [4.78, 5) is 14.0. The maximum Gasteiger partial charge on any atom is 0.229 e. The maximum atomic E-state index is 12.2. The van der Waals surface area contributed by atoms with Crippen molar-refractivity contribution in [3.8, 4) is 0 Å². The molecule has 16 heavy (non-hydrogen) atoms. The summed E-state index contributed by atoms with van der Waals surface area (Å²) >= 11 is 0. The van der Waals surface area contributed by atoms with Gasteiger partial charge in [0.1, 0.15) is 0 Å². The van der Waals surface area contributed by atoms with E-state index in [1.807, 2.05) is 18.7 Å². The minimum absolute atomic E-state index is 0.0790. The summed E-state index contributed by atoms with van der Waals surface area (Å²) < 4.78 is 10.3. The highest BCUT2D eigenvalue weighted by Crippen LogP contribution is 2.16. The van der Waals surface area contributed by atoms with Gasteiger partial charge in [0.25, 0.3) is 0 Å². The van der Waals surface area contributed by atoms with E-state index in [9.17, 15) is 4.79 Å². The fraction of sp³-hybridized carbons (Fsp3) is 0.909. The molecule has 1 amide bonds. The molecule has 0 spiro atoms. The molecule has 0 aromatic rings. The Kier molecular flexibility index (Phi) is 5.18. The van der Waals surface area contributed by atoms with Gasteiger partial charge in [-0.3, -0.25) is 4.79 Å². The first-order valence-corrected chi connectivity index (χ1v) is 5.74. The van der Waals surface area contributed by atoms with E-state index in [-0.39, 0.29) is 23.9 Å². The summed E-state index contributed by atoms with van der Waals surface area (Å²) in [7, 11) is 1.64. The fourth-order valence-electron chi connectivity index (χ4n) is 2.05. The molecule has 94 valence electrons. The van der Waals surface area contributed by atoms with Gasteiger partial charge in [0.05, 0.1) is 31.8 Å². The van der Waals surface area contributed by atoms with Crippen molar-refractivity contribution >= 4 is 5.91 Å². The topological polar surface area (TPSA) is 64.8 Å². The van der Waals surface area contributed by atoms with E-state index in [0.717, 1.165) is 0 Å². The molecule has 5 heteroatoms. The van der Waals surface area contributed by atoms with Gasteiger partial charge in [-0.05, 0) is 13.8 Å². The number of amides is 1. The average Bonchev–Trinajstić information content (AvgIpc) is 2.65. The molecule has 1 fully saturated rings. The summed E-state index contributed by atoms with van der Waals surface area (Å²) in [6.07, 6.45) is 0. The summed E-state index contributed by atoms with van der Waals surface area (Å²) in [5, 5.41) is 0. The third-order valence-electron chi connectivity index (χ3n) is 3.01. The van der Waals surface area contributed by atoms with Gasteiger partial charge in [-0.15, -0.1) is 0 Å². The Balaban J connectivity index is 2.61. The molecule has 5 nitrogen and oxygen atoms in total. The van der Waals surface area contributed by atoms with E-state index in [2.05, 4.69) is 0 Å². The molecular weight excluding hydrogens is 208 g/mol. The highest BCUT2D eigenvalue weighted by molar-refractivity contribution is 5.80. The van der Waals surface area contributed by atoms with Crippen molar-refractivity contribution in [1.82, 2.24) is 4.90 Å². The Morgan fingerprint density at radius 3 is 2.75 bits per heavy atom. The quantitative estimate of drug-likeness (QED) is 0.713. The predicted octanol–water partition coefficient (Wildman–Crippen LogP) is -0.156. The van der Waals surface area contributed by atoms with Crippen molar-refractivity contribution < 1.29 is 14.3 Å². The molecule has 0 aliphatic carbocycles. The van der Waals surface area contributed by atoms with Crippen molar-refractivity contribution in [2.24, 2.45) is 11.7 Å². The molecule has 1 rings (SSSR count). The minimum atomic E-state index is -0.195. The Labute approximate surface area is 96.9 Å². The molecule has 2 N–H and O–H groups in total. The lowest BCUT2D eigenvalue weighted by atomic mass is 10.0. The van der Waals surface area contributed by atoms with Crippen LogP contribution in [0.25, 0.3) is 0 Å². The first-order chi connectivity index (χ1) is 7.61. The van der Waals surface area contributed by atoms with Gasteiger partial charge in [-0.2, -0.15) is 0 Å². The molecule has 0 aromatic heterocycles. The molecular formula is C11H22N2O3. The SMILES string of the molecule is CCN(C(=O)C1COCC1N)C(C)COC. The Morgan fingerprint density at radius 1 is 1.62 bits per heavy atom. The number of rotatable bonds is 5. The number of likely N-dealkylation sites (N-methyl/N-ethyl adjacent to an activating group) is 1.